The molecule has 0 aliphatic rings. The van der Waals surface area contributed by atoms with Gasteiger partial charge in [0, 0.05) is 18.4 Å². The molecule has 114 valence electrons. The van der Waals surface area contributed by atoms with Crippen molar-refractivity contribution in [3.8, 4) is 0 Å². The van der Waals surface area contributed by atoms with E-state index in [1.807, 2.05) is 13.2 Å². The van der Waals surface area contributed by atoms with E-state index in [1.165, 1.54) is 22.3 Å². The fraction of sp³-hybridized carbons (Fsp3) is 0.200. The van der Waals surface area contributed by atoms with Crippen LogP contribution in [0.5, 0.6) is 0 Å². The number of benzene rings is 2. The summed E-state index contributed by atoms with van der Waals surface area (Å²) >= 11 is 0. The molecule has 0 saturated heterocycles. The molecule has 0 aliphatic carbocycles. The summed E-state index contributed by atoms with van der Waals surface area (Å²) in [5.41, 5.74) is 6.96. The summed E-state index contributed by atoms with van der Waals surface area (Å²) in [6, 6.07) is 16.9. The number of aryl methyl sites for hydroxylation is 1. The summed E-state index contributed by atoms with van der Waals surface area (Å²) in [6.45, 7) is 9.20. The van der Waals surface area contributed by atoms with E-state index in [9.17, 15) is 0 Å². The van der Waals surface area contributed by atoms with Crippen LogP contribution in [0, 0.1) is 6.92 Å². The summed E-state index contributed by atoms with van der Waals surface area (Å²) in [5, 5.41) is 6.47. The first-order valence-corrected chi connectivity index (χ1v) is 7.53. The van der Waals surface area contributed by atoms with Crippen molar-refractivity contribution >= 4 is 11.3 Å². The molecule has 0 heterocycles. The molecule has 2 aromatic carbocycles. The van der Waals surface area contributed by atoms with Gasteiger partial charge in [-0.1, -0.05) is 54.6 Å². The third-order valence-corrected chi connectivity index (χ3v) is 3.59. The van der Waals surface area contributed by atoms with Crippen molar-refractivity contribution in [2.24, 2.45) is 0 Å². The zero-order chi connectivity index (χ0) is 15.9. The highest BCUT2D eigenvalue weighted by Crippen LogP contribution is 2.16. The van der Waals surface area contributed by atoms with Crippen LogP contribution in [0.25, 0.3) is 11.3 Å². The topological polar surface area (TPSA) is 24.1 Å². The lowest BCUT2D eigenvalue weighted by Gasteiger charge is -2.10. The molecule has 0 atom stereocenters. The van der Waals surface area contributed by atoms with Gasteiger partial charge in [-0.3, -0.25) is 0 Å². The Morgan fingerprint density at radius 3 is 2.55 bits per heavy atom. The molecule has 2 nitrogen and oxygen atoms in total. The molecule has 0 radical (unpaired) electrons. The average Bonchev–Trinajstić information content (AvgIpc) is 2.53. The van der Waals surface area contributed by atoms with Gasteiger partial charge in [-0.2, -0.15) is 0 Å². The zero-order valence-corrected chi connectivity index (χ0v) is 13.6. The molecule has 0 spiro atoms. The largest absolute Gasteiger partial charge is 0.361 e. The lowest BCUT2D eigenvalue weighted by Crippen LogP contribution is -2.07. The molecule has 2 N–H and O–H groups in total. The maximum Gasteiger partial charge on any atom is 0.0380 e. The van der Waals surface area contributed by atoms with Crippen LogP contribution in [-0.2, 0) is 6.54 Å². The smallest absolute Gasteiger partial charge is 0.0380 e. The Bertz CT molecular complexity index is 684. The highest BCUT2D eigenvalue weighted by atomic mass is 14.8. The standard InChI is InChI=1S/C20H24N2/c1-15-7-5-9-19(11-15)16(2)13-22-17(3)20-10-6-8-18(12-20)14-21-4/h5-13,21-22H,3,14H2,1-2,4H3/b16-13+. The van der Waals surface area contributed by atoms with Gasteiger partial charge in [0.15, 0.2) is 0 Å². The van der Waals surface area contributed by atoms with Gasteiger partial charge in [0.2, 0.25) is 0 Å². The first-order chi connectivity index (χ1) is 10.6. The van der Waals surface area contributed by atoms with Crippen LogP contribution in [0.3, 0.4) is 0 Å². The van der Waals surface area contributed by atoms with Gasteiger partial charge in [0.25, 0.3) is 0 Å². The Kier molecular flexibility index (Phi) is 5.56. The van der Waals surface area contributed by atoms with Crippen LogP contribution < -0.4 is 10.6 Å². The Morgan fingerprint density at radius 2 is 1.82 bits per heavy atom. The van der Waals surface area contributed by atoms with Crippen molar-refractivity contribution in [2.45, 2.75) is 20.4 Å². The predicted molar refractivity (Wildman–Crippen MR) is 96.2 cm³/mol. The second kappa shape index (κ2) is 7.62. The van der Waals surface area contributed by atoms with Gasteiger partial charge in [-0.05, 0) is 49.2 Å². The number of allylic oxidation sites excluding steroid dienone is 1. The van der Waals surface area contributed by atoms with E-state index >= 15 is 0 Å². The Hall–Kier alpha value is -2.32. The number of hydrogen-bond acceptors (Lipinski definition) is 2. The highest BCUT2D eigenvalue weighted by molar-refractivity contribution is 5.68. The SMILES string of the molecule is C=C(N/C=C(\C)c1cccc(C)c1)c1cccc(CNC)c1. The lowest BCUT2D eigenvalue weighted by molar-refractivity contribution is 0.817. The van der Waals surface area contributed by atoms with Crippen LogP contribution in [0.4, 0.5) is 0 Å². The maximum absolute atomic E-state index is 4.13. The molecule has 0 amide bonds. The minimum absolute atomic E-state index is 0.860. The molecule has 0 aliphatic heterocycles. The molecule has 0 unspecified atom stereocenters. The number of nitrogens with one attached hydrogen (secondary N) is 2. The summed E-state index contributed by atoms with van der Waals surface area (Å²) in [6.07, 6.45) is 2.02. The molecule has 0 saturated carbocycles. The summed E-state index contributed by atoms with van der Waals surface area (Å²) in [4.78, 5) is 0. The van der Waals surface area contributed by atoms with Crippen LogP contribution in [0.1, 0.15) is 29.2 Å². The fourth-order valence-corrected chi connectivity index (χ4v) is 2.33. The highest BCUT2D eigenvalue weighted by Gasteiger charge is 2.00. The lowest BCUT2D eigenvalue weighted by atomic mass is 10.1. The van der Waals surface area contributed by atoms with E-state index in [1.54, 1.807) is 0 Å². The summed E-state index contributed by atoms with van der Waals surface area (Å²) in [5.74, 6) is 0. The zero-order valence-electron chi connectivity index (χ0n) is 13.6. The molecule has 22 heavy (non-hydrogen) atoms. The second-order valence-corrected chi connectivity index (χ2v) is 5.55. The number of hydrogen-bond donors (Lipinski definition) is 2. The summed E-state index contributed by atoms with van der Waals surface area (Å²) < 4.78 is 0. The van der Waals surface area contributed by atoms with E-state index in [-0.39, 0.29) is 0 Å². The normalized spacial score (nSPS) is 11.3. The van der Waals surface area contributed by atoms with Gasteiger partial charge < -0.3 is 10.6 Å². The minimum Gasteiger partial charge on any atom is -0.361 e. The van der Waals surface area contributed by atoms with Crippen molar-refractivity contribution in [3.05, 3.63) is 83.6 Å². The van der Waals surface area contributed by atoms with E-state index in [2.05, 4.69) is 79.6 Å². The second-order valence-electron chi connectivity index (χ2n) is 5.55. The van der Waals surface area contributed by atoms with Crippen LogP contribution >= 0.6 is 0 Å². The average molecular weight is 292 g/mol. The van der Waals surface area contributed by atoms with Crippen LogP contribution in [-0.4, -0.2) is 7.05 Å². The molecule has 0 fully saturated rings. The van der Waals surface area contributed by atoms with E-state index in [4.69, 9.17) is 0 Å². The van der Waals surface area contributed by atoms with Crippen molar-refractivity contribution < 1.29 is 0 Å². The van der Waals surface area contributed by atoms with Crippen molar-refractivity contribution in [1.82, 2.24) is 10.6 Å². The Morgan fingerprint density at radius 1 is 1.09 bits per heavy atom. The molecule has 2 aromatic rings. The first-order valence-electron chi connectivity index (χ1n) is 7.53. The predicted octanol–water partition coefficient (Wildman–Crippen LogP) is 4.34. The third-order valence-electron chi connectivity index (χ3n) is 3.59. The Labute approximate surface area is 133 Å². The van der Waals surface area contributed by atoms with Gasteiger partial charge in [0.1, 0.15) is 0 Å². The van der Waals surface area contributed by atoms with Crippen LogP contribution in [0.15, 0.2) is 61.3 Å². The molecule has 2 heteroatoms. The minimum atomic E-state index is 0.860. The maximum atomic E-state index is 4.13. The Balaban J connectivity index is 2.08. The number of rotatable bonds is 6. The molecule has 2 rings (SSSR count). The molecule has 0 bridgehead atoms. The van der Waals surface area contributed by atoms with E-state index < -0.39 is 0 Å². The quantitative estimate of drug-likeness (QED) is 0.828. The summed E-state index contributed by atoms with van der Waals surface area (Å²) in [7, 11) is 1.95. The monoisotopic (exact) mass is 292 g/mol. The fourth-order valence-electron chi connectivity index (χ4n) is 2.33. The van der Waals surface area contributed by atoms with Crippen molar-refractivity contribution in [2.75, 3.05) is 7.05 Å². The van der Waals surface area contributed by atoms with Crippen LogP contribution in [0.2, 0.25) is 0 Å². The van der Waals surface area contributed by atoms with Gasteiger partial charge in [0.05, 0.1) is 0 Å². The first kappa shape index (κ1) is 16.1. The van der Waals surface area contributed by atoms with Gasteiger partial charge in [-0.15, -0.1) is 0 Å². The third kappa shape index (κ3) is 4.34. The van der Waals surface area contributed by atoms with Gasteiger partial charge >= 0.3 is 0 Å². The van der Waals surface area contributed by atoms with Crippen molar-refractivity contribution in [3.63, 3.8) is 0 Å². The molecular formula is C20H24N2. The molecular weight excluding hydrogens is 268 g/mol. The molecule has 0 aromatic heterocycles. The van der Waals surface area contributed by atoms with E-state index in [0.29, 0.717) is 0 Å². The van der Waals surface area contributed by atoms with E-state index in [0.717, 1.165) is 17.8 Å². The van der Waals surface area contributed by atoms with Gasteiger partial charge in [-0.25, -0.2) is 0 Å². The van der Waals surface area contributed by atoms with Crippen molar-refractivity contribution in [1.29, 1.82) is 0 Å².